The van der Waals surface area contributed by atoms with E-state index in [1.54, 1.807) is 6.92 Å². The summed E-state index contributed by atoms with van der Waals surface area (Å²) < 4.78 is 4.59. The van der Waals surface area contributed by atoms with Crippen molar-refractivity contribution >= 4 is 11.7 Å². The van der Waals surface area contributed by atoms with Gasteiger partial charge in [0.05, 0.1) is 6.61 Å². The molecule has 58 valence electrons. The molecule has 1 N–H and O–H groups in total. The van der Waals surface area contributed by atoms with Gasteiger partial charge in [-0.25, -0.2) is 4.79 Å². The van der Waals surface area contributed by atoms with Crippen molar-refractivity contribution in [2.24, 2.45) is 0 Å². The molecule has 0 aliphatic rings. The van der Waals surface area contributed by atoms with E-state index in [4.69, 9.17) is 5.41 Å². The summed E-state index contributed by atoms with van der Waals surface area (Å²) >= 11 is 0. The first kappa shape index (κ1) is 9.14. The molecule has 0 aromatic rings. The summed E-state index contributed by atoms with van der Waals surface area (Å²) in [5.41, 5.74) is 0.0735. The van der Waals surface area contributed by atoms with Gasteiger partial charge >= 0.3 is 5.97 Å². The van der Waals surface area contributed by atoms with Gasteiger partial charge in [-0.3, -0.25) is 5.41 Å². The normalized spacial score (nSPS) is 9.00. The molecule has 0 saturated carbocycles. The van der Waals surface area contributed by atoms with Crippen molar-refractivity contribution < 1.29 is 9.53 Å². The minimum absolute atomic E-state index is 0.0735. The molecule has 0 atom stereocenters. The van der Waals surface area contributed by atoms with E-state index in [1.807, 2.05) is 6.92 Å². The number of hydrogen-bond acceptors (Lipinski definition) is 3. The second-order valence-electron chi connectivity index (χ2n) is 1.95. The fourth-order valence-electron chi connectivity index (χ4n) is 0.570. The molecule has 0 heterocycles. The van der Waals surface area contributed by atoms with Crippen LogP contribution in [0.4, 0.5) is 0 Å². The third-order valence-electron chi connectivity index (χ3n) is 1.02. The highest BCUT2D eigenvalue weighted by molar-refractivity contribution is 6.34. The monoisotopic (exact) mass is 143 g/mol. The summed E-state index contributed by atoms with van der Waals surface area (Å²) in [5, 5.41) is 7.12. The summed E-state index contributed by atoms with van der Waals surface area (Å²) in [6.45, 7) is 4.01. The van der Waals surface area contributed by atoms with E-state index in [9.17, 15) is 4.79 Å². The van der Waals surface area contributed by atoms with Crippen LogP contribution in [-0.2, 0) is 9.53 Å². The maximum Gasteiger partial charge on any atom is 0.351 e. The van der Waals surface area contributed by atoms with Crippen molar-refractivity contribution in [2.75, 3.05) is 6.61 Å². The van der Waals surface area contributed by atoms with Crippen LogP contribution in [0.2, 0.25) is 0 Å². The van der Waals surface area contributed by atoms with Crippen molar-refractivity contribution in [1.29, 1.82) is 5.41 Å². The van der Waals surface area contributed by atoms with Crippen LogP contribution in [0, 0.1) is 5.41 Å². The van der Waals surface area contributed by atoms with Crippen LogP contribution in [0.25, 0.3) is 0 Å². The Morgan fingerprint density at radius 2 is 2.10 bits per heavy atom. The molecule has 3 heteroatoms. The van der Waals surface area contributed by atoms with Crippen LogP contribution < -0.4 is 0 Å². The SMILES string of the molecule is CCCC(=N)C(=O)OCC. The number of rotatable bonds is 4. The van der Waals surface area contributed by atoms with Crippen molar-refractivity contribution in [3.8, 4) is 0 Å². The van der Waals surface area contributed by atoms with Gasteiger partial charge in [0.1, 0.15) is 5.71 Å². The van der Waals surface area contributed by atoms with Gasteiger partial charge in [0, 0.05) is 0 Å². The number of nitrogens with one attached hydrogen (secondary N) is 1. The van der Waals surface area contributed by atoms with Gasteiger partial charge in [0.15, 0.2) is 0 Å². The summed E-state index contributed by atoms with van der Waals surface area (Å²) in [6.07, 6.45) is 1.33. The van der Waals surface area contributed by atoms with Gasteiger partial charge in [0.2, 0.25) is 0 Å². The van der Waals surface area contributed by atoms with Crippen LogP contribution in [0.5, 0.6) is 0 Å². The number of carbonyl (C=O) groups is 1. The molecule has 0 aliphatic heterocycles. The highest BCUT2D eigenvalue weighted by atomic mass is 16.5. The second kappa shape index (κ2) is 4.97. The zero-order valence-corrected chi connectivity index (χ0v) is 6.44. The number of ether oxygens (including phenoxy) is 1. The first-order valence-corrected chi connectivity index (χ1v) is 3.46. The average Bonchev–Trinajstić information content (AvgIpc) is 1.89. The molecule has 0 unspecified atom stereocenters. The molecule has 0 aromatic carbocycles. The number of carbonyl (C=O) groups excluding carboxylic acids is 1. The first-order chi connectivity index (χ1) is 4.72. The highest BCUT2D eigenvalue weighted by Gasteiger charge is 2.07. The summed E-state index contributed by atoms with van der Waals surface area (Å²) in [5.74, 6) is -0.482. The van der Waals surface area contributed by atoms with Crippen LogP contribution >= 0.6 is 0 Å². The van der Waals surface area contributed by atoms with Gasteiger partial charge in [-0.2, -0.15) is 0 Å². The Morgan fingerprint density at radius 3 is 2.50 bits per heavy atom. The molecule has 3 nitrogen and oxygen atoms in total. The standard InChI is InChI=1S/C7H13NO2/c1-3-5-6(8)7(9)10-4-2/h8H,3-5H2,1-2H3. The van der Waals surface area contributed by atoms with E-state index in [0.29, 0.717) is 13.0 Å². The second-order valence-corrected chi connectivity index (χ2v) is 1.95. The van der Waals surface area contributed by atoms with Crippen molar-refractivity contribution in [3.05, 3.63) is 0 Å². The lowest BCUT2D eigenvalue weighted by molar-refractivity contribution is -0.135. The third-order valence-corrected chi connectivity index (χ3v) is 1.02. The Bertz CT molecular complexity index is 116. The molecule has 0 aliphatic carbocycles. The van der Waals surface area contributed by atoms with Gasteiger partial charge < -0.3 is 4.74 Å². The lowest BCUT2D eigenvalue weighted by Crippen LogP contribution is -2.15. The van der Waals surface area contributed by atoms with Crippen LogP contribution in [0.1, 0.15) is 26.7 Å². The van der Waals surface area contributed by atoms with Gasteiger partial charge in [-0.05, 0) is 13.3 Å². The van der Waals surface area contributed by atoms with Crippen molar-refractivity contribution in [1.82, 2.24) is 0 Å². The molecule has 10 heavy (non-hydrogen) atoms. The summed E-state index contributed by atoms with van der Waals surface area (Å²) in [4.78, 5) is 10.7. The molecule has 0 rings (SSSR count). The first-order valence-electron chi connectivity index (χ1n) is 3.46. The molecule has 0 amide bonds. The van der Waals surface area contributed by atoms with Gasteiger partial charge in [-0.1, -0.05) is 13.3 Å². The zero-order valence-electron chi connectivity index (χ0n) is 6.44. The molecule has 0 radical (unpaired) electrons. The topological polar surface area (TPSA) is 50.2 Å². The number of hydrogen-bond donors (Lipinski definition) is 1. The number of esters is 1. The minimum Gasteiger partial charge on any atom is -0.462 e. The van der Waals surface area contributed by atoms with E-state index in [1.165, 1.54) is 0 Å². The lowest BCUT2D eigenvalue weighted by atomic mass is 10.2. The van der Waals surface area contributed by atoms with E-state index in [2.05, 4.69) is 4.74 Å². The minimum atomic E-state index is -0.482. The van der Waals surface area contributed by atoms with Crippen molar-refractivity contribution in [3.63, 3.8) is 0 Å². The van der Waals surface area contributed by atoms with Gasteiger partial charge in [-0.15, -0.1) is 0 Å². The fourth-order valence-corrected chi connectivity index (χ4v) is 0.570. The molecule has 0 aromatic heterocycles. The highest BCUT2D eigenvalue weighted by Crippen LogP contribution is 1.91. The smallest absolute Gasteiger partial charge is 0.351 e. The molecular formula is C7H13NO2. The largest absolute Gasteiger partial charge is 0.462 e. The molecule has 0 bridgehead atoms. The molecule has 0 saturated heterocycles. The van der Waals surface area contributed by atoms with Crippen LogP contribution in [0.15, 0.2) is 0 Å². The van der Waals surface area contributed by atoms with Crippen molar-refractivity contribution in [2.45, 2.75) is 26.7 Å². The molecule has 0 spiro atoms. The Hall–Kier alpha value is -0.860. The van der Waals surface area contributed by atoms with Crippen LogP contribution in [-0.4, -0.2) is 18.3 Å². The van der Waals surface area contributed by atoms with Gasteiger partial charge in [0.25, 0.3) is 0 Å². The fraction of sp³-hybridized carbons (Fsp3) is 0.714. The summed E-state index contributed by atoms with van der Waals surface area (Å²) in [6, 6.07) is 0. The Morgan fingerprint density at radius 1 is 1.50 bits per heavy atom. The zero-order chi connectivity index (χ0) is 7.98. The quantitative estimate of drug-likeness (QED) is 0.477. The van der Waals surface area contributed by atoms with E-state index < -0.39 is 5.97 Å². The Labute approximate surface area is 60.9 Å². The maximum absolute atomic E-state index is 10.7. The molecular weight excluding hydrogens is 130 g/mol. The Kier molecular flexibility index (Phi) is 4.54. The van der Waals surface area contributed by atoms with E-state index in [-0.39, 0.29) is 5.71 Å². The average molecular weight is 143 g/mol. The predicted octanol–water partition coefficient (Wildman–Crippen LogP) is 1.37. The van der Waals surface area contributed by atoms with E-state index in [0.717, 1.165) is 6.42 Å². The Balaban J connectivity index is 3.60. The van der Waals surface area contributed by atoms with E-state index >= 15 is 0 Å². The predicted molar refractivity (Wildman–Crippen MR) is 39.3 cm³/mol. The summed E-state index contributed by atoms with van der Waals surface area (Å²) in [7, 11) is 0. The lowest BCUT2D eigenvalue weighted by Gasteiger charge is -2.00. The van der Waals surface area contributed by atoms with Crippen LogP contribution in [0.3, 0.4) is 0 Å². The third kappa shape index (κ3) is 3.22. The maximum atomic E-state index is 10.7. The molecule has 0 fully saturated rings.